The van der Waals surface area contributed by atoms with Gasteiger partial charge in [-0.15, -0.1) is 33.8 Å². The number of hydrogen-bond donors (Lipinski definition) is 2. The van der Waals surface area contributed by atoms with E-state index in [1.165, 1.54) is 82.2 Å². The molecule has 36 heavy (non-hydrogen) atoms. The van der Waals surface area contributed by atoms with E-state index >= 15 is 0 Å². The quantitative estimate of drug-likeness (QED) is 0.194. The molecule has 1 heterocycles. The van der Waals surface area contributed by atoms with E-state index in [9.17, 15) is 5.21 Å². The van der Waals surface area contributed by atoms with Crippen molar-refractivity contribution in [1.82, 2.24) is 10.3 Å². The Balaban J connectivity index is 2.18. The first-order chi connectivity index (χ1) is 17.4. The van der Waals surface area contributed by atoms with Gasteiger partial charge in [0, 0.05) is 5.69 Å². The molecule has 1 aliphatic rings. The third kappa shape index (κ3) is 11.0. The van der Waals surface area contributed by atoms with Crippen LogP contribution in [0.4, 0.5) is 5.69 Å². The smallest absolute Gasteiger partial charge is 0.173 e. The Morgan fingerprint density at radius 2 is 1.31 bits per heavy atom. The second-order valence-electron chi connectivity index (χ2n) is 10.6. The van der Waals surface area contributed by atoms with E-state index in [0.29, 0.717) is 5.82 Å². The Kier molecular flexibility index (Phi) is 14.8. The zero-order valence-electron chi connectivity index (χ0n) is 23.4. The van der Waals surface area contributed by atoms with Gasteiger partial charge in [0.25, 0.3) is 0 Å². The molecule has 1 aromatic carbocycles. The second-order valence-corrected chi connectivity index (χ2v) is 12.7. The SMILES string of the molecule is CCCCCCCCSC1=NN(C(C)(C)C)N(O)C(Nc2ccccc2)=C1SCCCCCCCC. The normalized spacial score (nSPS) is 14.4. The van der Waals surface area contributed by atoms with Crippen molar-refractivity contribution >= 4 is 34.3 Å². The van der Waals surface area contributed by atoms with Crippen molar-refractivity contribution in [2.75, 3.05) is 16.8 Å². The zero-order chi connectivity index (χ0) is 26.2. The Morgan fingerprint density at radius 1 is 0.778 bits per heavy atom. The number of nitrogens with one attached hydrogen (secondary N) is 1. The molecule has 2 rings (SSSR count). The fourth-order valence-corrected chi connectivity index (χ4v) is 6.24. The number of hydrogen-bond acceptors (Lipinski definition) is 7. The molecular formula is C29H50N4OS2. The Labute approximate surface area is 229 Å². The molecule has 0 unspecified atom stereocenters. The summed E-state index contributed by atoms with van der Waals surface area (Å²) in [5, 5.41) is 23.7. The van der Waals surface area contributed by atoms with Crippen LogP contribution in [0.5, 0.6) is 0 Å². The van der Waals surface area contributed by atoms with E-state index in [4.69, 9.17) is 5.10 Å². The molecule has 204 valence electrons. The van der Waals surface area contributed by atoms with Crippen LogP contribution in [0.1, 0.15) is 112 Å². The van der Waals surface area contributed by atoms with Crippen molar-refractivity contribution in [3.05, 3.63) is 41.1 Å². The molecule has 1 aromatic rings. The molecule has 0 bridgehead atoms. The van der Waals surface area contributed by atoms with E-state index in [-0.39, 0.29) is 5.54 Å². The van der Waals surface area contributed by atoms with Crippen LogP contribution in [0.15, 0.2) is 46.2 Å². The second kappa shape index (κ2) is 17.2. The van der Waals surface area contributed by atoms with Crippen molar-refractivity contribution in [2.45, 2.75) is 117 Å². The highest BCUT2D eigenvalue weighted by atomic mass is 32.2. The molecule has 0 spiro atoms. The highest BCUT2D eigenvalue weighted by Gasteiger charge is 2.35. The van der Waals surface area contributed by atoms with Gasteiger partial charge in [0.1, 0.15) is 5.04 Å². The number of unbranched alkanes of at least 4 members (excludes halogenated alkanes) is 10. The molecule has 0 aromatic heterocycles. The van der Waals surface area contributed by atoms with Gasteiger partial charge in [-0.25, -0.2) is 0 Å². The van der Waals surface area contributed by atoms with Gasteiger partial charge in [0.15, 0.2) is 5.82 Å². The maximum absolute atomic E-state index is 11.3. The molecule has 0 atom stereocenters. The minimum atomic E-state index is -0.361. The number of anilines is 1. The van der Waals surface area contributed by atoms with Gasteiger partial charge in [0.2, 0.25) is 0 Å². The summed E-state index contributed by atoms with van der Waals surface area (Å²) in [5.41, 5.74) is 0.597. The fourth-order valence-electron chi connectivity index (χ4n) is 3.99. The van der Waals surface area contributed by atoms with E-state index in [2.05, 4.69) is 39.9 Å². The van der Waals surface area contributed by atoms with Gasteiger partial charge in [-0.2, -0.15) is 5.12 Å². The van der Waals surface area contributed by atoms with Gasteiger partial charge in [-0.3, -0.25) is 5.21 Å². The molecule has 0 fully saturated rings. The molecule has 0 amide bonds. The molecule has 0 saturated heterocycles. The maximum atomic E-state index is 11.3. The van der Waals surface area contributed by atoms with Crippen LogP contribution in [0.3, 0.4) is 0 Å². The Morgan fingerprint density at radius 3 is 1.86 bits per heavy atom. The van der Waals surface area contributed by atoms with Crippen molar-refractivity contribution in [1.29, 1.82) is 0 Å². The fraction of sp³-hybridized carbons (Fsp3) is 0.690. The molecular weight excluding hydrogens is 484 g/mol. The first-order valence-electron chi connectivity index (χ1n) is 14.1. The summed E-state index contributed by atoms with van der Waals surface area (Å²) < 4.78 is 0. The van der Waals surface area contributed by atoms with Gasteiger partial charge in [-0.05, 0) is 57.3 Å². The molecule has 1 aliphatic heterocycles. The number of thioether (sulfide) groups is 2. The number of para-hydroxylation sites is 1. The predicted octanol–water partition coefficient (Wildman–Crippen LogP) is 9.49. The topological polar surface area (TPSA) is 51.1 Å². The number of benzene rings is 1. The first-order valence-corrected chi connectivity index (χ1v) is 16.1. The van der Waals surface area contributed by atoms with Gasteiger partial charge < -0.3 is 5.32 Å². The summed E-state index contributed by atoms with van der Waals surface area (Å²) >= 11 is 3.66. The van der Waals surface area contributed by atoms with Crippen LogP contribution in [0.2, 0.25) is 0 Å². The summed E-state index contributed by atoms with van der Waals surface area (Å²) in [5.74, 6) is 2.78. The highest BCUT2D eigenvalue weighted by Crippen LogP contribution is 2.37. The Bertz CT molecular complexity index is 792. The van der Waals surface area contributed by atoms with Crippen LogP contribution in [-0.4, -0.2) is 37.6 Å². The van der Waals surface area contributed by atoms with Crippen molar-refractivity contribution in [2.24, 2.45) is 5.10 Å². The van der Waals surface area contributed by atoms with E-state index < -0.39 is 0 Å². The zero-order valence-corrected chi connectivity index (χ0v) is 25.0. The number of hydrazone groups is 1. The molecule has 7 heteroatoms. The van der Waals surface area contributed by atoms with Crippen molar-refractivity contribution in [3.63, 3.8) is 0 Å². The van der Waals surface area contributed by atoms with E-state index in [1.807, 2.05) is 53.9 Å². The molecule has 0 aliphatic carbocycles. The monoisotopic (exact) mass is 534 g/mol. The largest absolute Gasteiger partial charge is 0.337 e. The Hall–Kier alpha value is -1.31. The van der Waals surface area contributed by atoms with Crippen LogP contribution in [0, 0.1) is 0 Å². The summed E-state index contributed by atoms with van der Waals surface area (Å²) in [4.78, 5) is 1.05. The van der Waals surface area contributed by atoms with Crippen molar-refractivity contribution < 1.29 is 5.21 Å². The minimum Gasteiger partial charge on any atom is -0.337 e. The number of rotatable bonds is 17. The molecule has 2 N–H and O–H groups in total. The first kappa shape index (κ1) is 30.9. The molecule has 0 radical (unpaired) electrons. The molecule has 0 saturated carbocycles. The molecule has 5 nitrogen and oxygen atoms in total. The van der Waals surface area contributed by atoms with Crippen molar-refractivity contribution in [3.8, 4) is 0 Å². The third-order valence-electron chi connectivity index (χ3n) is 6.09. The number of hydrazine groups is 1. The lowest BCUT2D eigenvalue weighted by Gasteiger charge is -2.42. The van der Waals surface area contributed by atoms with E-state index in [0.717, 1.165) is 27.1 Å². The number of nitrogens with zero attached hydrogens (tertiary/aromatic N) is 3. The lowest BCUT2D eigenvalue weighted by atomic mass is 10.1. The van der Waals surface area contributed by atoms with E-state index in [1.54, 1.807) is 5.12 Å². The lowest BCUT2D eigenvalue weighted by Crippen LogP contribution is -2.51. The third-order valence-corrected chi connectivity index (χ3v) is 8.44. The highest BCUT2D eigenvalue weighted by molar-refractivity contribution is 8.17. The van der Waals surface area contributed by atoms with Crippen LogP contribution < -0.4 is 5.32 Å². The standard InChI is InChI=1S/C29H50N4OS2/c1-6-8-10-12-14-19-23-35-26-27(30-25-21-17-16-18-22-25)32(34)33(29(3,4)5)31-28(26)36-24-20-15-13-11-9-7-2/h16-18,21-22,30,34H,6-15,19-20,23-24H2,1-5H3. The summed E-state index contributed by atoms with van der Waals surface area (Å²) in [6.45, 7) is 10.7. The van der Waals surface area contributed by atoms with Crippen LogP contribution in [0.25, 0.3) is 0 Å². The lowest BCUT2D eigenvalue weighted by molar-refractivity contribution is -0.251. The van der Waals surface area contributed by atoms with Crippen LogP contribution in [-0.2, 0) is 0 Å². The minimum absolute atomic E-state index is 0.361. The number of hydroxylamine groups is 1. The maximum Gasteiger partial charge on any atom is 0.173 e. The predicted molar refractivity (Wildman–Crippen MR) is 161 cm³/mol. The summed E-state index contributed by atoms with van der Waals surface area (Å²) in [7, 11) is 0. The van der Waals surface area contributed by atoms with Gasteiger partial charge in [0.05, 0.1) is 10.4 Å². The summed E-state index contributed by atoms with van der Waals surface area (Å²) in [6, 6.07) is 10.1. The average molecular weight is 535 g/mol. The summed E-state index contributed by atoms with van der Waals surface area (Å²) in [6.07, 6.45) is 15.4. The van der Waals surface area contributed by atoms with Crippen LogP contribution >= 0.6 is 23.5 Å². The average Bonchev–Trinajstić information content (AvgIpc) is 2.85. The van der Waals surface area contributed by atoms with Gasteiger partial charge >= 0.3 is 0 Å². The van der Waals surface area contributed by atoms with Gasteiger partial charge in [-0.1, -0.05) is 96.3 Å².